The summed E-state index contributed by atoms with van der Waals surface area (Å²) >= 11 is 0. The average molecular weight is 682 g/mol. The summed E-state index contributed by atoms with van der Waals surface area (Å²) in [5.74, 6) is 1.25. The highest BCUT2D eigenvalue weighted by atomic mass is 19.4. The van der Waals surface area contributed by atoms with Gasteiger partial charge in [-0.2, -0.15) is 18.2 Å². The highest BCUT2D eigenvalue weighted by molar-refractivity contribution is 6.00. The Hall–Kier alpha value is -4.10. The molecule has 7 rings (SSSR count). The van der Waals surface area contributed by atoms with Crippen LogP contribution in [0.15, 0.2) is 42.6 Å². The molecule has 0 saturated heterocycles. The standard InChI is InChI=1S/C36H46F3N7O3/c1-6-46(13-12-45(4)31-23-14-22-15-24(31)19-35(48,17-22)18-23)25-10-11-28(29(16-25)49-5)42-34-41-20-27(36(37,38)39)32(44-34)43-30-21(2)8-7-9-26(30)33(47)40-3/h7-11,16,20,22-24,31,48H,6,12-15,17-19H2,1-5H3,(H,40,47)(H2,41,42,43,44). The van der Waals surface area contributed by atoms with Crippen molar-refractivity contribution in [3.8, 4) is 5.75 Å². The van der Waals surface area contributed by atoms with E-state index in [0.29, 0.717) is 40.8 Å². The summed E-state index contributed by atoms with van der Waals surface area (Å²) in [6.45, 7) is 6.26. The van der Waals surface area contributed by atoms with Crippen molar-refractivity contribution >= 4 is 34.7 Å². The summed E-state index contributed by atoms with van der Waals surface area (Å²) in [6.07, 6.45) is 1.23. The Morgan fingerprint density at radius 1 is 1.10 bits per heavy atom. The van der Waals surface area contributed by atoms with Crippen LogP contribution >= 0.6 is 0 Å². The van der Waals surface area contributed by atoms with E-state index in [4.69, 9.17) is 4.74 Å². The van der Waals surface area contributed by atoms with E-state index in [0.717, 1.165) is 50.8 Å². The van der Waals surface area contributed by atoms with Gasteiger partial charge in [0.05, 0.1) is 29.6 Å². The molecule has 3 aromatic rings. The summed E-state index contributed by atoms with van der Waals surface area (Å²) in [5.41, 5.74) is 0.890. The number of carbonyl (C=O) groups excluding carboxylic acids is 1. The van der Waals surface area contributed by atoms with E-state index in [9.17, 15) is 23.1 Å². The van der Waals surface area contributed by atoms with Crippen molar-refractivity contribution in [1.29, 1.82) is 0 Å². The van der Waals surface area contributed by atoms with E-state index in [2.05, 4.69) is 49.7 Å². The number of amides is 1. The SMILES string of the molecule is CCN(CCN(C)C1C2CC3CC1CC(O)(C3)C2)c1ccc(Nc2ncc(C(F)(F)F)c(Nc3c(C)cccc3C(=O)NC)n2)c(OC)c1. The number of alkyl halides is 3. The molecule has 4 fully saturated rings. The van der Waals surface area contributed by atoms with Gasteiger partial charge in [-0.25, -0.2) is 4.98 Å². The van der Waals surface area contributed by atoms with Crippen molar-refractivity contribution in [1.82, 2.24) is 20.2 Å². The lowest BCUT2D eigenvalue weighted by atomic mass is 9.52. The van der Waals surface area contributed by atoms with E-state index in [1.165, 1.54) is 33.1 Å². The van der Waals surface area contributed by atoms with E-state index in [-0.39, 0.29) is 17.2 Å². The molecular formula is C36H46F3N7O3. The molecule has 4 bridgehead atoms. The highest BCUT2D eigenvalue weighted by Crippen LogP contribution is 2.56. The van der Waals surface area contributed by atoms with E-state index >= 15 is 0 Å². The molecule has 264 valence electrons. The van der Waals surface area contributed by atoms with Gasteiger partial charge < -0.3 is 35.6 Å². The van der Waals surface area contributed by atoms with Gasteiger partial charge in [-0.05, 0) is 94.5 Å². The minimum Gasteiger partial charge on any atom is -0.494 e. The van der Waals surface area contributed by atoms with Crippen LogP contribution in [-0.2, 0) is 6.18 Å². The predicted molar refractivity (Wildman–Crippen MR) is 184 cm³/mol. The van der Waals surface area contributed by atoms with E-state index < -0.39 is 29.1 Å². The normalized spacial score (nSPS) is 24.2. The van der Waals surface area contributed by atoms with Crippen molar-refractivity contribution < 1.29 is 27.8 Å². The largest absolute Gasteiger partial charge is 0.494 e. The molecule has 2 aromatic carbocycles. The van der Waals surface area contributed by atoms with Crippen molar-refractivity contribution in [3.05, 3.63) is 59.3 Å². The summed E-state index contributed by atoms with van der Waals surface area (Å²) in [6, 6.07) is 11.0. The topological polar surface area (TPSA) is 115 Å². The molecule has 2 unspecified atom stereocenters. The molecular weight excluding hydrogens is 635 g/mol. The number of hydrogen-bond donors (Lipinski definition) is 4. The lowest BCUT2D eigenvalue weighted by molar-refractivity contribution is -0.156. The van der Waals surface area contributed by atoms with Crippen molar-refractivity contribution in [2.45, 2.75) is 63.8 Å². The summed E-state index contributed by atoms with van der Waals surface area (Å²) < 4.78 is 47.9. The number of methoxy groups -OCH3 is 1. The predicted octanol–water partition coefficient (Wildman–Crippen LogP) is 6.36. The molecule has 1 aromatic heterocycles. The number of nitrogens with one attached hydrogen (secondary N) is 3. The van der Waals surface area contributed by atoms with Crippen LogP contribution in [-0.4, -0.2) is 78.4 Å². The summed E-state index contributed by atoms with van der Waals surface area (Å²) in [5, 5.41) is 19.3. The molecule has 1 amide bonds. The molecule has 1 heterocycles. The second kappa shape index (κ2) is 13.7. The van der Waals surface area contributed by atoms with E-state index in [1.54, 1.807) is 25.1 Å². The van der Waals surface area contributed by atoms with Gasteiger partial charge in [-0.1, -0.05) is 12.1 Å². The first-order chi connectivity index (χ1) is 23.3. The van der Waals surface area contributed by atoms with Gasteiger partial charge in [0.25, 0.3) is 5.91 Å². The monoisotopic (exact) mass is 681 g/mol. The zero-order valence-corrected chi connectivity index (χ0v) is 28.7. The first-order valence-corrected chi connectivity index (χ1v) is 17.0. The lowest BCUT2D eigenvalue weighted by Crippen LogP contribution is -2.61. The third-order valence-corrected chi connectivity index (χ3v) is 10.7. The van der Waals surface area contributed by atoms with Crippen LogP contribution in [0.1, 0.15) is 60.5 Å². The molecule has 4 N–H and O–H groups in total. The van der Waals surface area contributed by atoms with Gasteiger partial charge in [-0.3, -0.25) is 4.79 Å². The fourth-order valence-corrected chi connectivity index (χ4v) is 8.69. The molecule has 0 aliphatic heterocycles. The minimum atomic E-state index is -4.75. The first-order valence-electron chi connectivity index (χ1n) is 17.0. The Kier molecular flexibility index (Phi) is 9.69. The van der Waals surface area contributed by atoms with Gasteiger partial charge in [0.1, 0.15) is 17.1 Å². The second-order valence-electron chi connectivity index (χ2n) is 13.9. The third kappa shape index (κ3) is 7.14. The first kappa shape index (κ1) is 34.8. The second-order valence-corrected chi connectivity index (χ2v) is 13.9. The van der Waals surface area contributed by atoms with Crippen molar-refractivity contribution in [2.24, 2.45) is 17.8 Å². The van der Waals surface area contributed by atoms with Crippen LogP contribution in [0.3, 0.4) is 0 Å². The molecule has 4 saturated carbocycles. The number of rotatable bonds is 12. The molecule has 4 aliphatic carbocycles. The smallest absolute Gasteiger partial charge is 0.421 e. The van der Waals surface area contributed by atoms with Crippen molar-refractivity contribution in [2.75, 3.05) is 56.4 Å². The Morgan fingerprint density at radius 3 is 2.47 bits per heavy atom. The number of carbonyl (C=O) groups is 1. The van der Waals surface area contributed by atoms with Crippen LogP contribution < -0.4 is 25.6 Å². The summed E-state index contributed by atoms with van der Waals surface area (Å²) in [7, 11) is 5.20. The van der Waals surface area contributed by atoms with Crippen LogP contribution in [0.5, 0.6) is 5.75 Å². The number of aryl methyl sites for hydroxylation is 1. The Morgan fingerprint density at radius 2 is 1.84 bits per heavy atom. The number of anilines is 5. The third-order valence-electron chi connectivity index (χ3n) is 10.7. The highest BCUT2D eigenvalue weighted by Gasteiger charge is 2.55. The number of benzene rings is 2. The maximum Gasteiger partial charge on any atom is 0.421 e. The zero-order chi connectivity index (χ0) is 35.1. The molecule has 13 heteroatoms. The minimum absolute atomic E-state index is 0.0778. The number of halogens is 3. The van der Waals surface area contributed by atoms with Crippen LogP contribution in [0, 0.1) is 24.7 Å². The number of aromatic nitrogens is 2. The molecule has 0 spiro atoms. The number of likely N-dealkylation sites (N-methyl/N-ethyl adjacent to an activating group) is 2. The van der Waals surface area contributed by atoms with Crippen LogP contribution in [0.25, 0.3) is 0 Å². The molecule has 10 nitrogen and oxygen atoms in total. The van der Waals surface area contributed by atoms with Crippen molar-refractivity contribution in [3.63, 3.8) is 0 Å². The molecule has 2 atom stereocenters. The number of hydrogen-bond acceptors (Lipinski definition) is 9. The fraction of sp³-hybridized carbons (Fsp3) is 0.528. The quantitative estimate of drug-likeness (QED) is 0.174. The Bertz CT molecular complexity index is 1670. The molecule has 4 aliphatic rings. The van der Waals surface area contributed by atoms with Crippen LogP contribution in [0.4, 0.5) is 42.0 Å². The maximum atomic E-state index is 14.1. The summed E-state index contributed by atoms with van der Waals surface area (Å²) in [4.78, 5) is 25.4. The zero-order valence-electron chi connectivity index (χ0n) is 28.7. The Labute approximate surface area is 285 Å². The molecule has 0 radical (unpaired) electrons. The van der Waals surface area contributed by atoms with E-state index in [1.807, 2.05) is 12.1 Å². The van der Waals surface area contributed by atoms with Gasteiger partial charge in [0.2, 0.25) is 5.95 Å². The van der Waals surface area contributed by atoms with Gasteiger partial charge in [0, 0.05) is 50.7 Å². The average Bonchev–Trinajstić information content (AvgIpc) is 3.04. The lowest BCUT2D eigenvalue weighted by Gasteiger charge is -2.60. The molecule has 49 heavy (non-hydrogen) atoms. The van der Waals surface area contributed by atoms with Gasteiger partial charge >= 0.3 is 6.18 Å². The van der Waals surface area contributed by atoms with Crippen LogP contribution in [0.2, 0.25) is 0 Å². The maximum absolute atomic E-state index is 14.1. The number of nitrogens with zero attached hydrogens (tertiary/aromatic N) is 4. The number of para-hydroxylation sites is 1. The van der Waals surface area contributed by atoms with Gasteiger partial charge in [-0.15, -0.1) is 0 Å². The van der Waals surface area contributed by atoms with Gasteiger partial charge in [0.15, 0.2) is 0 Å². The fourth-order valence-electron chi connectivity index (χ4n) is 8.69. The number of aliphatic hydroxyl groups is 1. The Balaban J connectivity index is 1.18. The number of ether oxygens (including phenoxy) is 1.